The van der Waals surface area contributed by atoms with Crippen LogP contribution in [0.2, 0.25) is 0 Å². The molecule has 0 aromatic heterocycles. The Balaban J connectivity index is 1.89. The summed E-state index contributed by atoms with van der Waals surface area (Å²) in [4.78, 5) is 4.68. The molecule has 4 heteroatoms. The van der Waals surface area contributed by atoms with Gasteiger partial charge in [-0.25, -0.2) is 8.78 Å². The molecule has 2 nitrogen and oxygen atoms in total. The number of hydrogen-bond donors (Lipinski definition) is 0. The second kappa shape index (κ2) is 5.41. The molecule has 106 valence electrons. The van der Waals surface area contributed by atoms with Crippen LogP contribution in [0, 0.1) is 0 Å². The summed E-state index contributed by atoms with van der Waals surface area (Å²) in [5.74, 6) is -2.43. The van der Waals surface area contributed by atoms with Crippen molar-refractivity contribution in [1.29, 1.82) is 0 Å². The summed E-state index contributed by atoms with van der Waals surface area (Å²) in [7, 11) is 2.15. The smallest absolute Gasteiger partial charge is 0.249 e. The molecular weight excluding hydrogens is 234 g/mol. The molecule has 2 aliphatic rings. The Bertz CT molecular complexity index is 281. The molecule has 2 unspecified atom stereocenters. The Kier molecular flexibility index (Phi) is 4.27. The highest BCUT2D eigenvalue weighted by atomic mass is 19.3. The summed E-state index contributed by atoms with van der Waals surface area (Å²) in [6.07, 6.45) is 2.92. The quantitative estimate of drug-likeness (QED) is 0.769. The molecular formula is C14H26F2N2. The zero-order chi connectivity index (χ0) is 13.3. The summed E-state index contributed by atoms with van der Waals surface area (Å²) in [5.41, 5.74) is 0. The molecule has 0 amide bonds. The third kappa shape index (κ3) is 3.21. The van der Waals surface area contributed by atoms with Crippen molar-refractivity contribution in [1.82, 2.24) is 9.80 Å². The van der Waals surface area contributed by atoms with Gasteiger partial charge in [-0.15, -0.1) is 0 Å². The van der Waals surface area contributed by atoms with Gasteiger partial charge in [-0.3, -0.25) is 9.80 Å². The van der Waals surface area contributed by atoms with Gasteiger partial charge in [-0.2, -0.15) is 0 Å². The second-order valence-electron chi connectivity index (χ2n) is 6.30. The van der Waals surface area contributed by atoms with E-state index in [2.05, 4.69) is 30.7 Å². The molecule has 0 bridgehead atoms. The van der Waals surface area contributed by atoms with E-state index in [1.807, 2.05) is 0 Å². The van der Waals surface area contributed by atoms with E-state index in [4.69, 9.17) is 0 Å². The van der Waals surface area contributed by atoms with E-state index in [1.165, 1.54) is 0 Å². The highest BCUT2D eigenvalue weighted by molar-refractivity contribution is 4.91. The van der Waals surface area contributed by atoms with Gasteiger partial charge in [0.2, 0.25) is 5.92 Å². The van der Waals surface area contributed by atoms with Gasteiger partial charge >= 0.3 is 0 Å². The van der Waals surface area contributed by atoms with Crippen molar-refractivity contribution in [2.45, 2.75) is 70.0 Å². The fourth-order valence-corrected chi connectivity index (χ4v) is 3.31. The van der Waals surface area contributed by atoms with E-state index in [-0.39, 0.29) is 18.9 Å². The molecule has 0 aromatic rings. The third-order valence-electron chi connectivity index (χ3n) is 4.72. The van der Waals surface area contributed by atoms with Gasteiger partial charge in [0.15, 0.2) is 0 Å². The Morgan fingerprint density at radius 3 is 2.61 bits per heavy atom. The number of hydrogen-bond acceptors (Lipinski definition) is 2. The lowest BCUT2D eigenvalue weighted by Gasteiger charge is -2.36. The van der Waals surface area contributed by atoms with E-state index in [0.717, 1.165) is 25.9 Å². The molecule has 2 atom stereocenters. The molecule has 1 aliphatic heterocycles. The first kappa shape index (κ1) is 14.2. The summed E-state index contributed by atoms with van der Waals surface area (Å²) in [5, 5.41) is 0. The Morgan fingerprint density at radius 2 is 2.00 bits per heavy atom. The molecule has 2 rings (SSSR count). The molecule has 1 heterocycles. The Hall–Kier alpha value is -0.220. The lowest BCUT2D eigenvalue weighted by atomic mass is 9.91. The summed E-state index contributed by atoms with van der Waals surface area (Å²) in [6.45, 7) is 6.34. The van der Waals surface area contributed by atoms with E-state index >= 15 is 0 Å². The Labute approximate surface area is 109 Å². The predicted octanol–water partition coefficient (Wildman–Crippen LogP) is 2.98. The van der Waals surface area contributed by atoms with Crippen LogP contribution in [0.1, 0.15) is 46.0 Å². The average Bonchev–Trinajstić information content (AvgIpc) is 2.75. The largest absolute Gasteiger partial charge is 0.300 e. The van der Waals surface area contributed by atoms with Gasteiger partial charge in [0.1, 0.15) is 0 Å². The fourth-order valence-electron chi connectivity index (χ4n) is 3.31. The zero-order valence-electron chi connectivity index (χ0n) is 11.8. The molecule has 0 N–H and O–H groups in total. The lowest BCUT2D eigenvalue weighted by molar-refractivity contribution is -0.0612. The first-order valence-electron chi connectivity index (χ1n) is 7.23. The van der Waals surface area contributed by atoms with E-state index < -0.39 is 5.92 Å². The van der Waals surface area contributed by atoms with Gasteiger partial charge in [-0.05, 0) is 40.2 Å². The number of likely N-dealkylation sites (tertiary alicyclic amines) is 1. The van der Waals surface area contributed by atoms with Crippen molar-refractivity contribution in [3.05, 3.63) is 0 Å². The number of halogens is 2. The third-order valence-corrected chi connectivity index (χ3v) is 4.72. The van der Waals surface area contributed by atoms with Crippen LogP contribution in [0.4, 0.5) is 8.78 Å². The predicted molar refractivity (Wildman–Crippen MR) is 70.1 cm³/mol. The van der Waals surface area contributed by atoms with E-state index in [0.29, 0.717) is 18.5 Å². The normalized spacial score (nSPS) is 33.5. The van der Waals surface area contributed by atoms with Gasteiger partial charge < -0.3 is 0 Å². The molecule has 1 saturated heterocycles. The maximum absolute atomic E-state index is 13.5. The van der Waals surface area contributed by atoms with Crippen LogP contribution < -0.4 is 0 Å². The Morgan fingerprint density at radius 1 is 1.28 bits per heavy atom. The fraction of sp³-hybridized carbons (Fsp3) is 1.00. The summed E-state index contributed by atoms with van der Waals surface area (Å²) in [6, 6.07) is 1.18. The van der Waals surface area contributed by atoms with Gasteiger partial charge in [0.05, 0.1) is 0 Å². The van der Waals surface area contributed by atoms with E-state index in [1.54, 1.807) is 0 Å². The van der Waals surface area contributed by atoms with Crippen molar-refractivity contribution < 1.29 is 8.78 Å². The highest BCUT2D eigenvalue weighted by Gasteiger charge is 2.40. The molecule has 1 saturated carbocycles. The number of nitrogens with zero attached hydrogens (tertiary/aromatic N) is 2. The minimum absolute atomic E-state index is 0.0745. The van der Waals surface area contributed by atoms with Crippen LogP contribution in [0.3, 0.4) is 0 Å². The van der Waals surface area contributed by atoms with Crippen molar-refractivity contribution >= 4 is 0 Å². The van der Waals surface area contributed by atoms with Crippen LogP contribution in [0.15, 0.2) is 0 Å². The molecule has 0 aromatic carbocycles. The summed E-state index contributed by atoms with van der Waals surface area (Å²) < 4.78 is 26.9. The first-order chi connectivity index (χ1) is 8.39. The first-order valence-corrected chi connectivity index (χ1v) is 7.23. The molecule has 0 radical (unpaired) electrons. The van der Waals surface area contributed by atoms with Crippen molar-refractivity contribution in [3.8, 4) is 0 Å². The number of rotatable bonds is 3. The van der Waals surface area contributed by atoms with Crippen LogP contribution in [0.5, 0.6) is 0 Å². The van der Waals surface area contributed by atoms with Crippen molar-refractivity contribution in [2.75, 3.05) is 20.1 Å². The minimum atomic E-state index is -2.43. The SMILES string of the molecule is CC(C)N(C)C1CCN(C2CCCC(F)(F)C2)C1. The van der Waals surface area contributed by atoms with E-state index in [9.17, 15) is 8.78 Å². The number of likely N-dealkylation sites (N-methyl/N-ethyl adjacent to an activating group) is 1. The van der Waals surface area contributed by atoms with Gasteiger partial charge in [0, 0.05) is 44.1 Å². The topological polar surface area (TPSA) is 6.48 Å². The minimum Gasteiger partial charge on any atom is -0.300 e. The lowest BCUT2D eigenvalue weighted by Crippen LogP contribution is -2.44. The van der Waals surface area contributed by atoms with Crippen LogP contribution in [-0.4, -0.2) is 54.0 Å². The second-order valence-corrected chi connectivity index (χ2v) is 6.30. The zero-order valence-corrected chi connectivity index (χ0v) is 11.8. The van der Waals surface area contributed by atoms with Crippen LogP contribution >= 0.6 is 0 Å². The highest BCUT2D eigenvalue weighted by Crippen LogP contribution is 2.36. The monoisotopic (exact) mass is 260 g/mol. The standard InChI is InChI=1S/C14H26F2N2/c1-11(2)17(3)13-6-8-18(10-13)12-5-4-7-14(15,16)9-12/h11-13H,4-10H2,1-3H3. The average molecular weight is 260 g/mol. The maximum atomic E-state index is 13.5. The maximum Gasteiger partial charge on any atom is 0.249 e. The van der Waals surface area contributed by atoms with Crippen LogP contribution in [-0.2, 0) is 0 Å². The molecule has 2 fully saturated rings. The van der Waals surface area contributed by atoms with Crippen LogP contribution in [0.25, 0.3) is 0 Å². The summed E-state index contributed by atoms with van der Waals surface area (Å²) >= 11 is 0. The van der Waals surface area contributed by atoms with Gasteiger partial charge in [0.25, 0.3) is 0 Å². The molecule has 1 aliphatic carbocycles. The van der Waals surface area contributed by atoms with Gasteiger partial charge in [-0.1, -0.05) is 0 Å². The molecule has 18 heavy (non-hydrogen) atoms. The van der Waals surface area contributed by atoms with Crippen molar-refractivity contribution in [3.63, 3.8) is 0 Å². The van der Waals surface area contributed by atoms with Crippen molar-refractivity contribution in [2.24, 2.45) is 0 Å². The molecule has 0 spiro atoms. The number of alkyl halides is 2.